The summed E-state index contributed by atoms with van der Waals surface area (Å²) in [6.07, 6.45) is 1.45. The SMILES string of the molecule is Cc1ccc(N2C(=O)NC(=O)/C(=C/c3cc(C)n(-c4ccc([N+](=O)[O-])cc4)c3C)C2=O)cc1. The van der Waals surface area contributed by atoms with Gasteiger partial charge in [-0.15, -0.1) is 0 Å². The highest BCUT2D eigenvalue weighted by Gasteiger charge is 2.37. The molecule has 4 amide bonds. The molecule has 0 spiro atoms. The number of carbonyl (C=O) groups excluding carboxylic acids is 3. The van der Waals surface area contributed by atoms with Crippen LogP contribution in [0.1, 0.15) is 22.5 Å². The van der Waals surface area contributed by atoms with E-state index < -0.39 is 22.8 Å². The number of urea groups is 1. The van der Waals surface area contributed by atoms with Gasteiger partial charge >= 0.3 is 6.03 Å². The first kappa shape index (κ1) is 21.7. The van der Waals surface area contributed by atoms with E-state index in [9.17, 15) is 24.5 Å². The number of nitro groups is 1. The van der Waals surface area contributed by atoms with Crippen LogP contribution >= 0.6 is 0 Å². The third-order valence-corrected chi connectivity index (χ3v) is 5.48. The van der Waals surface area contributed by atoms with Crippen LogP contribution in [0.2, 0.25) is 0 Å². The number of benzene rings is 2. The predicted molar refractivity (Wildman–Crippen MR) is 122 cm³/mol. The van der Waals surface area contributed by atoms with Crippen LogP contribution < -0.4 is 10.2 Å². The average molecular weight is 444 g/mol. The number of carbonyl (C=O) groups is 3. The van der Waals surface area contributed by atoms with Gasteiger partial charge in [0.05, 0.1) is 10.6 Å². The second kappa shape index (κ2) is 8.19. The smallest absolute Gasteiger partial charge is 0.318 e. The Kier molecular flexibility index (Phi) is 5.39. The first-order valence-electron chi connectivity index (χ1n) is 10.1. The summed E-state index contributed by atoms with van der Waals surface area (Å²) in [6, 6.07) is 13.9. The summed E-state index contributed by atoms with van der Waals surface area (Å²) in [7, 11) is 0. The van der Waals surface area contributed by atoms with Gasteiger partial charge < -0.3 is 4.57 Å². The number of rotatable bonds is 4. The lowest BCUT2D eigenvalue weighted by atomic mass is 10.1. The number of non-ortho nitro benzene ring substituents is 1. The van der Waals surface area contributed by atoms with Crippen molar-refractivity contribution in [3.05, 3.63) is 92.8 Å². The minimum Gasteiger partial charge on any atom is -0.318 e. The summed E-state index contributed by atoms with van der Waals surface area (Å²) in [5.41, 5.74) is 4.00. The largest absolute Gasteiger partial charge is 0.335 e. The van der Waals surface area contributed by atoms with E-state index in [1.165, 1.54) is 18.2 Å². The molecule has 0 aliphatic carbocycles. The summed E-state index contributed by atoms with van der Waals surface area (Å²) in [5, 5.41) is 13.2. The number of hydrogen-bond acceptors (Lipinski definition) is 5. The van der Waals surface area contributed by atoms with Crippen molar-refractivity contribution in [2.75, 3.05) is 4.90 Å². The molecule has 9 heteroatoms. The molecule has 1 saturated heterocycles. The molecule has 1 aliphatic heterocycles. The number of nitrogens with zero attached hydrogens (tertiary/aromatic N) is 3. The number of aryl methyl sites for hydroxylation is 2. The van der Waals surface area contributed by atoms with E-state index >= 15 is 0 Å². The molecule has 1 aliphatic rings. The van der Waals surface area contributed by atoms with E-state index in [1.807, 2.05) is 25.3 Å². The van der Waals surface area contributed by atoms with Crippen LogP contribution in [0, 0.1) is 30.9 Å². The van der Waals surface area contributed by atoms with E-state index in [2.05, 4.69) is 5.32 Å². The van der Waals surface area contributed by atoms with Crippen LogP contribution in [-0.2, 0) is 9.59 Å². The lowest BCUT2D eigenvalue weighted by Crippen LogP contribution is -2.54. The molecule has 33 heavy (non-hydrogen) atoms. The van der Waals surface area contributed by atoms with Crippen LogP contribution in [0.3, 0.4) is 0 Å². The van der Waals surface area contributed by atoms with E-state index in [0.29, 0.717) is 16.9 Å². The summed E-state index contributed by atoms with van der Waals surface area (Å²) in [5.74, 6) is -1.48. The lowest BCUT2D eigenvalue weighted by Gasteiger charge is -2.26. The van der Waals surface area contributed by atoms with E-state index in [1.54, 1.807) is 42.5 Å². The van der Waals surface area contributed by atoms with Gasteiger partial charge in [0.1, 0.15) is 5.57 Å². The molecule has 0 saturated carbocycles. The Labute approximate surface area is 189 Å². The fraction of sp³-hybridized carbons (Fsp3) is 0.125. The Bertz CT molecular complexity index is 1330. The van der Waals surface area contributed by atoms with Crippen LogP contribution in [-0.4, -0.2) is 27.3 Å². The Hall–Kier alpha value is -4.53. The number of amides is 4. The summed E-state index contributed by atoms with van der Waals surface area (Å²) >= 11 is 0. The van der Waals surface area contributed by atoms with Gasteiger partial charge in [-0.2, -0.15) is 0 Å². The molecule has 0 unspecified atom stereocenters. The number of barbiturate groups is 1. The molecule has 0 atom stereocenters. The summed E-state index contributed by atoms with van der Waals surface area (Å²) in [6.45, 7) is 5.55. The predicted octanol–water partition coefficient (Wildman–Crippen LogP) is 3.98. The van der Waals surface area contributed by atoms with E-state index in [4.69, 9.17) is 0 Å². The topological polar surface area (TPSA) is 115 Å². The van der Waals surface area contributed by atoms with Gasteiger partial charge in [-0.25, -0.2) is 9.69 Å². The highest BCUT2D eigenvalue weighted by Crippen LogP contribution is 2.27. The van der Waals surface area contributed by atoms with Crippen molar-refractivity contribution in [2.24, 2.45) is 0 Å². The third-order valence-electron chi connectivity index (χ3n) is 5.48. The van der Waals surface area contributed by atoms with Gasteiger partial charge in [0.15, 0.2) is 0 Å². The first-order chi connectivity index (χ1) is 15.7. The number of nitrogens with one attached hydrogen (secondary N) is 1. The van der Waals surface area contributed by atoms with Crippen molar-refractivity contribution in [1.82, 2.24) is 9.88 Å². The molecule has 0 bridgehead atoms. The quantitative estimate of drug-likeness (QED) is 0.283. The van der Waals surface area contributed by atoms with Gasteiger partial charge in [0, 0.05) is 29.2 Å². The molecule has 1 N–H and O–H groups in total. The summed E-state index contributed by atoms with van der Waals surface area (Å²) in [4.78, 5) is 49.4. The Morgan fingerprint density at radius 2 is 1.52 bits per heavy atom. The van der Waals surface area contributed by atoms with Crippen LogP contribution in [0.4, 0.5) is 16.2 Å². The number of imide groups is 2. The average Bonchev–Trinajstić information content (AvgIpc) is 3.05. The molecule has 166 valence electrons. The van der Waals surface area contributed by atoms with Gasteiger partial charge in [-0.3, -0.25) is 25.0 Å². The number of hydrogen-bond donors (Lipinski definition) is 1. The number of nitro benzene ring substituents is 1. The van der Waals surface area contributed by atoms with Crippen molar-refractivity contribution in [1.29, 1.82) is 0 Å². The molecule has 1 aromatic heterocycles. The zero-order valence-electron chi connectivity index (χ0n) is 18.2. The van der Waals surface area contributed by atoms with Crippen LogP contribution in [0.25, 0.3) is 11.8 Å². The number of aromatic nitrogens is 1. The monoisotopic (exact) mass is 444 g/mol. The Morgan fingerprint density at radius 3 is 2.12 bits per heavy atom. The van der Waals surface area contributed by atoms with Crippen molar-refractivity contribution in [3.63, 3.8) is 0 Å². The highest BCUT2D eigenvalue weighted by atomic mass is 16.6. The molecule has 2 heterocycles. The van der Waals surface area contributed by atoms with Crippen molar-refractivity contribution < 1.29 is 19.3 Å². The molecule has 3 aromatic rings. The fourth-order valence-corrected chi connectivity index (χ4v) is 3.80. The van der Waals surface area contributed by atoms with Crippen molar-refractivity contribution in [3.8, 4) is 5.69 Å². The molecule has 2 aromatic carbocycles. The Balaban J connectivity index is 1.73. The van der Waals surface area contributed by atoms with Crippen LogP contribution in [0.15, 0.2) is 60.2 Å². The molecule has 9 nitrogen and oxygen atoms in total. The second-order valence-corrected chi connectivity index (χ2v) is 7.73. The second-order valence-electron chi connectivity index (χ2n) is 7.73. The van der Waals surface area contributed by atoms with Gasteiger partial charge in [-0.1, -0.05) is 17.7 Å². The molecular weight excluding hydrogens is 424 g/mol. The van der Waals surface area contributed by atoms with Crippen molar-refractivity contribution in [2.45, 2.75) is 20.8 Å². The Morgan fingerprint density at radius 1 is 0.909 bits per heavy atom. The van der Waals surface area contributed by atoms with Gasteiger partial charge in [-0.05, 0) is 62.7 Å². The lowest BCUT2D eigenvalue weighted by molar-refractivity contribution is -0.384. The van der Waals surface area contributed by atoms with Gasteiger partial charge in [0.25, 0.3) is 17.5 Å². The number of anilines is 1. The molecule has 4 rings (SSSR count). The maximum atomic E-state index is 13.1. The minimum absolute atomic E-state index is 0.0195. The highest BCUT2D eigenvalue weighted by molar-refractivity contribution is 6.39. The van der Waals surface area contributed by atoms with E-state index in [0.717, 1.165) is 21.9 Å². The molecule has 0 radical (unpaired) electrons. The van der Waals surface area contributed by atoms with Gasteiger partial charge in [0.2, 0.25) is 0 Å². The molecular formula is C24H20N4O5. The molecule has 1 fully saturated rings. The minimum atomic E-state index is -0.803. The summed E-state index contributed by atoms with van der Waals surface area (Å²) < 4.78 is 1.87. The normalized spacial score (nSPS) is 15.2. The third kappa shape index (κ3) is 3.91. The maximum absolute atomic E-state index is 13.1. The standard InChI is InChI=1S/C24H20N4O5/c1-14-4-6-19(7-5-14)27-23(30)21(22(29)25-24(27)31)13-17-12-15(2)26(16(17)3)18-8-10-20(11-9-18)28(32)33/h4-13H,1-3H3,(H,25,29,31)/b21-13-. The van der Waals surface area contributed by atoms with E-state index in [-0.39, 0.29) is 11.3 Å². The van der Waals surface area contributed by atoms with Crippen molar-refractivity contribution >= 4 is 35.3 Å². The van der Waals surface area contributed by atoms with Crippen LogP contribution in [0.5, 0.6) is 0 Å². The first-order valence-corrected chi connectivity index (χ1v) is 10.1. The maximum Gasteiger partial charge on any atom is 0.335 e. The zero-order valence-corrected chi connectivity index (χ0v) is 18.2. The zero-order chi connectivity index (χ0) is 23.9. The fourth-order valence-electron chi connectivity index (χ4n) is 3.80.